The van der Waals surface area contributed by atoms with Crippen LogP contribution in [-0.4, -0.2) is 43.4 Å². The molecule has 0 atom stereocenters. The Labute approximate surface area is 193 Å². The molecule has 6 nitrogen and oxygen atoms in total. The van der Waals surface area contributed by atoms with Crippen molar-refractivity contribution in [2.45, 2.75) is 45.8 Å². The molecule has 2 N–H and O–H groups in total. The van der Waals surface area contributed by atoms with Crippen molar-refractivity contribution in [3.05, 3.63) is 52.3 Å². The summed E-state index contributed by atoms with van der Waals surface area (Å²) in [5, 5.41) is 12.7. The first kappa shape index (κ1) is 24.1. The zero-order chi connectivity index (χ0) is 23.1. The van der Waals surface area contributed by atoms with Crippen LogP contribution in [0, 0.1) is 5.82 Å². The normalized spacial score (nSPS) is 14.3. The van der Waals surface area contributed by atoms with Crippen LogP contribution in [0.1, 0.15) is 49.0 Å². The van der Waals surface area contributed by atoms with E-state index < -0.39 is 0 Å². The number of aliphatic hydroxyl groups is 1. The molecular weight excluding hydrogens is 435 g/mol. The van der Waals surface area contributed by atoms with Crippen molar-refractivity contribution in [3.63, 3.8) is 0 Å². The molecule has 2 aromatic rings. The molecule has 3 rings (SSSR count). The molecule has 8 heteroatoms. The highest BCUT2D eigenvalue weighted by molar-refractivity contribution is 6.32. The van der Waals surface area contributed by atoms with Crippen molar-refractivity contribution in [1.29, 1.82) is 0 Å². The first-order valence-electron chi connectivity index (χ1n) is 11.0. The summed E-state index contributed by atoms with van der Waals surface area (Å²) in [6.45, 7) is 6.14. The summed E-state index contributed by atoms with van der Waals surface area (Å²) < 4.78 is 25.9. The molecule has 1 fully saturated rings. The Hall–Kier alpha value is -2.51. The Morgan fingerprint density at radius 1 is 1.22 bits per heavy atom. The standard InChI is InChI=1S/C24H30ClFN2O4/c1-3-11-32-23-19(25)13-17(14-22(23)31-4-2)24(30)27-15-16-5-6-21(20(26)12-16)28-9-7-18(29)8-10-28/h5-6,12-14,18,29H,3-4,7-11,15H2,1-2H3,(H,27,30). The lowest BCUT2D eigenvalue weighted by Gasteiger charge is -2.31. The molecule has 1 heterocycles. The fraction of sp³-hybridized carbons (Fsp3) is 0.458. The number of rotatable bonds is 9. The van der Waals surface area contributed by atoms with Crippen LogP contribution in [0.25, 0.3) is 0 Å². The number of anilines is 1. The molecule has 0 radical (unpaired) electrons. The second-order valence-electron chi connectivity index (χ2n) is 7.75. The summed E-state index contributed by atoms with van der Waals surface area (Å²) in [6, 6.07) is 8.09. The number of ether oxygens (including phenoxy) is 2. The van der Waals surface area contributed by atoms with E-state index in [2.05, 4.69) is 5.32 Å². The Bertz CT molecular complexity index is 932. The van der Waals surface area contributed by atoms with Gasteiger partial charge in [0, 0.05) is 25.2 Å². The lowest BCUT2D eigenvalue weighted by Crippen LogP contribution is -2.36. The van der Waals surface area contributed by atoms with Crippen molar-refractivity contribution in [2.24, 2.45) is 0 Å². The highest BCUT2D eigenvalue weighted by Gasteiger charge is 2.20. The number of aliphatic hydroxyl groups excluding tert-OH is 1. The smallest absolute Gasteiger partial charge is 0.251 e. The van der Waals surface area contributed by atoms with Gasteiger partial charge in [0.1, 0.15) is 5.82 Å². The molecule has 0 bridgehead atoms. The zero-order valence-corrected chi connectivity index (χ0v) is 19.3. The van der Waals surface area contributed by atoms with Gasteiger partial charge >= 0.3 is 0 Å². The van der Waals surface area contributed by atoms with Gasteiger partial charge < -0.3 is 24.8 Å². The van der Waals surface area contributed by atoms with Crippen molar-refractivity contribution in [2.75, 3.05) is 31.2 Å². The molecule has 1 amide bonds. The van der Waals surface area contributed by atoms with Gasteiger partial charge in [0.15, 0.2) is 11.5 Å². The van der Waals surface area contributed by atoms with E-state index in [0.29, 0.717) is 72.5 Å². The number of carbonyl (C=O) groups is 1. The van der Waals surface area contributed by atoms with E-state index in [-0.39, 0.29) is 24.4 Å². The quantitative estimate of drug-likeness (QED) is 0.569. The van der Waals surface area contributed by atoms with E-state index in [9.17, 15) is 14.3 Å². The topological polar surface area (TPSA) is 71.0 Å². The summed E-state index contributed by atoms with van der Waals surface area (Å²) in [4.78, 5) is 14.6. The number of hydrogen-bond acceptors (Lipinski definition) is 5. The fourth-order valence-electron chi connectivity index (χ4n) is 3.61. The second-order valence-corrected chi connectivity index (χ2v) is 8.16. The maximum Gasteiger partial charge on any atom is 0.251 e. The number of benzene rings is 2. The minimum Gasteiger partial charge on any atom is -0.490 e. The SMILES string of the molecule is CCCOc1c(Cl)cc(C(=O)NCc2ccc(N3CCC(O)CC3)c(F)c2)cc1OCC. The van der Waals surface area contributed by atoms with E-state index in [1.165, 1.54) is 6.07 Å². The summed E-state index contributed by atoms with van der Waals surface area (Å²) >= 11 is 6.33. The van der Waals surface area contributed by atoms with Crippen LogP contribution >= 0.6 is 11.6 Å². The molecule has 1 aliphatic rings. The largest absolute Gasteiger partial charge is 0.490 e. The minimum atomic E-state index is -0.343. The first-order valence-corrected chi connectivity index (χ1v) is 11.4. The third-order valence-electron chi connectivity index (χ3n) is 5.29. The fourth-order valence-corrected chi connectivity index (χ4v) is 3.88. The van der Waals surface area contributed by atoms with Crippen LogP contribution in [0.4, 0.5) is 10.1 Å². The highest BCUT2D eigenvalue weighted by atomic mass is 35.5. The molecule has 0 unspecified atom stereocenters. The lowest BCUT2D eigenvalue weighted by molar-refractivity contribution is 0.0950. The van der Waals surface area contributed by atoms with Crippen LogP contribution in [0.2, 0.25) is 5.02 Å². The summed E-state index contributed by atoms with van der Waals surface area (Å²) in [7, 11) is 0. The van der Waals surface area contributed by atoms with E-state index >= 15 is 0 Å². The Morgan fingerprint density at radius 3 is 2.62 bits per heavy atom. The van der Waals surface area contributed by atoms with Crippen molar-refractivity contribution >= 4 is 23.2 Å². The first-order chi connectivity index (χ1) is 15.4. The molecule has 0 aliphatic carbocycles. The number of halogens is 2. The number of amides is 1. The molecule has 1 saturated heterocycles. The third-order valence-corrected chi connectivity index (χ3v) is 5.57. The molecule has 0 spiro atoms. The predicted molar refractivity (Wildman–Crippen MR) is 123 cm³/mol. The van der Waals surface area contributed by atoms with Crippen LogP contribution in [0.5, 0.6) is 11.5 Å². The third kappa shape index (κ3) is 6.04. The number of nitrogens with one attached hydrogen (secondary N) is 1. The number of carbonyl (C=O) groups excluding carboxylic acids is 1. The van der Waals surface area contributed by atoms with Gasteiger partial charge in [0.05, 0.1) is 30.0 Å². The maximum atomic E-state index is 14.7. The van der Waals surface area contributed by atoms with E-state index in [1.807, 2.05) is 18.7 Å². The number of hydrogen-bond donors (Lipinski definition) is 2. The van der Waals surface area contributed by atoms with Crippen LogP contribution in [0.3, 0.4) is 0 Å². The van der Waals surface area contributed by atoms with Crippen LogP contribution < -0.4 is 19.7 Å². The van der Waals surface area contributed by atoms with Gasteiger partial charge in [-0.05, 0) is 56.0 Å². The van der Waals surface area contributed by atoms with Gasteiger partial charge in [-0.1, -0.05) is 24.6 Å². The van der Waals surface area contributed by atoms with E-state index in [1.54, 1.807) is 24.3 Å². The molecule has 1 aliphatic heterocycles. The zero-order valence-electron chi connectivity index (χ0n) is 18.5. The second kappa shape index (κ2) is 11.4. The summed E-state index contributed by atoms with van der Waals surface area (Å²) in [6.07, 6.45) is 1.77. The highest BCUT2D eigenvalue weighted by Crippen LogP contribution is 2.37. The van der Waals surface area contributed by atoms with Crippen LogP contribution in [-0.2, 0) is 6.54 Å². The molecule has 2 aromatic carbocycles. The predicted octanol–water partition coefficient (Wildman–Crippen LogP) is 4.56. The van der Waals surface area contributed by atoms with Gasteiger partial charge in [-0.15, -0.1) is 0 Å². The molecule has 0 aromatic heterocycles. The molecule has 32 heavy (non-hydrogen) atoms. The minimum absolute atomic E-state index is 0.171. The number of piperidine rings is 1. The van der Waals surface area contributed by atoms with Gasteiger partial charge in [-0.3, -0.25) is 4.79 Å². The lowest BCUT2D eigenvalue weighted by atomic mass is 10.1. The Balaban J connectivity index is 1.66. The summed E-state index contributed by atoms with van der Waals surface area (Å²) in [5.74, 6) is 0.159. The summed E-state index contributed by atoms with van der Waals surface area (Å²) in [5.41, 5.74) is 1.50. The van der Waals surface area contributed by atoms with Crippen molar-refractivity contribution in [3.8, 4) is 11.5 Å². The average molecular weight is 465 g/mol. The van der Waals surface area contributed by atoms with E-state index in [4.69, 9.17) is 21.1 Å². The molecule has 174 valence electrons. The van der Waals surface area contributed by atoms with Crippen molar-refractivity contribution < 1.29 is 23.8 Å². The molecule has 0 saturated carbocycles. The van der Waals surface area contributed by atoms with Gasteiger partial charge in [0.25, 0.3) is 5.91 Å². The van der Waals surface area contributed by atoms with Gasteiger partial charge in [-0.2, -0.15) is 0 Å². The van der Waals surface area contributed by atoms with Crippen molar-refractivity contribution in [1.82, 2.24) is 5.32 Å². The number of nitrogens with zero attached hydrogens (tertiary/aromatic N) is 1. The average Bonchev–Trinajstić information content (AvgIpc) is 2.78. The maximum absolute atomic E-state index is 14.7. The van der Waals surface area contributed by atoms with Crippen LogP contribution in [0.15, 0.2) is 30.3 Å². The van der Waals surface area contributed by atoms with E-state index in [0.717, 1.165) is 6.42 Å². The Morgan fingerprint density at radius 2 is 1.97 bits per heavy atom. The van der Waals surface area contributed by atoms with Gasteiger partial charge in [-0.25, -0.2) is 4.39 Å². The monoisotopic (exact) mass is 464 g/mol. The van der Waals surface area contributed by atoms with Gasteiger partial charge in [0.2, 0.25) is 0 Å². The molecular formula is C24H30ClFN2O4. The Kier molecular flexibility index (Phi) is 8.59.